The molecule has 1 aromatic heterocycles. The van der Waals surface area contributed by atoms with Crippen LogP contribution in [-0.4, -0.2) is 15.2 Å². The Hall–Kier alpha value is -1.40. The molecule has 1 heterocycles. The fraction of sp³-hybridized carbons (Fsp3) is 0.200. The monoisotopic (exact) mass is 238 g/mol. The molecule has 0 saturated heterocycles. The summed E-state index contributed by atoms with van der Waals surface area (Å²) in [5, 5.41) is 7.14. The zero-order valence-corrected chi connectivity index (χ0v) is 9.46. The van der Waals surface area contributed by atoms with Crippen molar-refractivity contribution in [3.8, 4) is 0 Å². The number of aromatic amines is 1. The van der Waals surface area contributed by atoms with Gasteiger partial charge in [0.1, 0.15) is 12.1 Å². The smallest absolute Gasteiger partial charge is 0.188 e. The predicted octanol–water partition coefficient (Wildman–Crippen LogP) is 2.11. The molecule has 0 bridgehead atoms. The van der Waals surface area contributed by atoms with Crippen LogP contribution in [0.25, 0.3) is 0 Å². The van der Waals surface area contributed by atoms with Gasteiger partial charge in [-0.25, -0.2) is 9.37 Å². The number of benzene rings is 1. The molecule has 0 aliphatic heterocycles. The van der Waals surface area contributed by atoms with Gasteiger partial charge in [-0.05, 0) is 30.7 Å². The highest BCUT2D eigenvalue weighted by Gasteiger charge is 2.10. The maximum absolute atomic E-state index is 13.1. The molecule has 0 amide bonds. The summed E-state index contributed by atoms with van der Waals surface area (Å²) in [6, 6.07) is 4.33. The highest BCUT2D eigenvalue weighted by atomic mass is 32.2. The molecule has 1 atom stereocenters. The lowest BCUT2D eigenvalue weighted by molar-refractivity contribution is 0.619. The summed E-state index contributed by atoms with van der Waals surface area (Å²) in [6.07, 6.45) is 1.43. The molecule has 0 fully saturated rings. The topological polar surface area (TPSA) is 67.6 Å². The van der Waals surface area contributed by atoms with E-state index in [4.69, 9.17) is 5.73 Å². The highest BCUT2D eigenvalue weighted by molar-refractivity contribution is 7.99. The average Bonchev–Trinajstić information content (AvgIpc) is 2.73. The molecule has 1 aromatic carbocycles. The molecule has 6 heteroatoms. The molecule has 3 N–H and O–H groups in total. The standard InChI is InChI=1S/C10H11FN4S/c1-6(12)8-4-7(11)2-3-9(8)16-10-13-5-14-15-10/h2-6H,12H2,1H3,(H,13,14,15)/t6-/m1/s1. The minimum absolute atomic E-state index is 0.221. The first-order valence-corrected chi connectivity index (χ1v) is 5.56. The number of halogens is 1. The van der Waals surface area contributed by atoms with Gasteiger partial charge in [-0.3, -0.25) is 5.10 Å². The van der Waals surface area contributed by atoms with E-state index in [1.807, 2.05) is 6.92 Å². The van der Waals surface area contributed by atoms with Crippen molar-refractivity contribution < 1.29 is 4.39 Å². The van der Waals surface area contributed by atoms with E-state index < -0.39 is 0 Å². The second kappa shape index (κ2) is 4.63. The number of nitrogens with zero attached hydrogens (tertiary/aromatic N) is 2. The zero-order chi connectivity index (χ0) is 11.5. The average molecular weight is 238 g/mol. The molecular formula is C10H11FN4S. The molecular weight excluding hydrogens is 227 g/mol. The number of nitrogens with two attached hydrogens (primary N) is 1. The van der Waals surface area contributed by atoms with E-state index in [9.17, 15) is 4.39 Å². The molecule has 4 nitrogen and oxygen atoms in total. The van der Waals surface area contributed by atoms with E-state index in [1.54, 1.807) is 6.07 Å². The van der Waals surface area contributed by atoms with Crippen molar-refractivity contribution in [1.29, 1.82) is 0 Å². The van der Waals surface area contributed by atoms with Crippen LogP contribution < -0.4 is 5.73 Å². The van der Waals surface area contributed by atoms with Crippen molar-refractivity contribution in [3.05, 3.63) is 35.9 Å². The summed E-state index contributed by atoms with van der Waals surface area (Å²) < 4.78 is 13.1. The van der Waals surface area contributed by atoms with Gasteiger partial charge in [-0.2, -0.15) is 5.10 Å². The Morgan fingerprint density at radius 2 is 2.31 bits per heavy atom. The summed E-state index contributed by atoms with van der Waals surface area (Å²) in [4.78, 5) is 4.88. The van der Waals surface area contributed by atoms with Gasteiger partial charge in [0.05, 0.1) is 0 Å². The summed E-state index contributed by atoms with van der Waals surface area (Å²) >= 11 is 1.38. The number of rotatable bonds is 3. The van der Waals surface area contributed by atoms with Gasteiger partial charge in [0.15, 0.2) is 5.16 Å². The Bertz CT molecular complexity index is 470. The molecule has 16 heavy (non-hydrogen) atoms. The van der Waals surface area contributed by atoms with Gasteiger partial charge < -0.3 is 5.73 Å². The second-order valence-corrected chi connectivity index (χ2v) is 4.39. The quantitative estimate of drug-likeness (QED) is 0.859. The first kappa shape index (κ1) is 11.1. The van der Waals surface area contributed by atoms with Crippen molar-refractivity contribution in [3.63, 3.8) is 0 Å². The lowest BCUT2D eigenvalue weighted by atomic mass is 10.1. The van der Waals surface area contributed by atoms with Crippen LogP contribution >= 0.6 is 11.8 Å². The van der Waals surface area contributed by atoms with Crippen molar-refractivity contribution >= 4 is 11.8 Å². The third kappa shape index (κ3) is 2.40. The van der Waals surface area contributed by atoms with Crippen LogP contribution in [0.1, 0.15) is 18.5 Å². The van der Waals surface area contributed by atoms with Crippen LogP contribution in [0.4, 0.5) is 4.39 Å². The molecule has 0 aliphatic rings. The Kier molecular flexibility index (Phi) is 3.21. The van der Waals surface area contributed by atoms with Crippen molar-refractivity contribution in [2.24, 2.45) is 5.73 Å². The predicted molar refractivity (Wildman–Crippen MR) is 59.5 cm³/mol. The Morgan fingerprint density at radius 3 is 2.94 bits per heavy atom. The maximum Gasteiger partial charge on any atom is 0.188 e. The maximum atomic E-state index is 13.1. The fourth-order valence-corrected chi connectivity index (χ4v) is 2.22. The molecule has 0 unspecified atom stereocenters. The van der Waals surface area contributed by atoms with E-state index in [0.29, 0.717) is 5.16 Å². The lowest BCUT2D eigenvalue weighted by Crippen LogP contribution is -2.06. The number of hydrogen-bond acceptors (Lipinski definition) is 4. The van der Waals surface area contributed by atoms with Crippen LogP contribution in [0.5, 0.6) is 0 Å². The first-order chi connectivity index (χ1) is 7.66. The van der Waals surface area contributed by atoms with Gasteiger partial charge in [0.25, 0.3) is 0 Å². The van der Waals surface area contributed by atoms with Gasteiger partial charge in [0, 0.05) is 10.9 Å². The van der Waals surface area contributed by atoms with Crippen LogP contribution in [0.2, 0.25) is 0 Å². The Morgan fingerprint density at radius 1 is 1.50 bits per heavy atom. The van der Waals surface area contributed by atoms with E-state index in [2.05, 4.69) is 15.2 Å². The van der Waals surface area contributed by atoms with Gasteiger partial charge in [-0.15, -0.1) is 0 Å². The number of aromatic nitrogens is 3. The molecule has 84 valence electrons. The number of hydrogen-bond donors (Lipinski definition) is 2. The van der Waals surface area contributed by atoms with E-state index in [1.165, 1.54) is 30.2 Å². The summed E-state index contributed by atoms with van der Waals surface area (Å²) in [5.74, 6) is -0.283. The second-order valence-electron chi connectivity index (χ2n) is 3.36. The summed E-state index contributed by atoms with van der Waals surface area (Å²) in [7, 11) is 0. The minimum atomic E-state index is -0.283. The fourth-order valence-electron chi connectivity index (χ4n) is 1.32. The van der Waals surface area contributed by atoms with E-state index in [-0.39, 0.29) is 11.9 Å². The number of nitrogens with one attached hydrogen (secondary N) is 1. The van der Waals surface area contributed by atoms with E-state index in [0.717, 1.165) is 10.5 Å². The van der Waals surface area contributed by atoms with Crippen LogP contribution in [0, 0.1) is 5.82 Å². The molecule has 2 aromatic rings. The van der Waals surface area contributed by atoms with Crippen LogP contribution in [0.3, 0.4) is 0 Å². The lowest BCUT2D eigenvalue weighted by Gasteiger charge is -2.10. The third-order valence-corrected chi connectivity index (χ3v) is 3.04. The van der Waals surface area contributed by atoms with E-state index >= 15 is 0 Å². The van der Waals surface area contributed by atoms with Gasteiger partial charge in [0.2, 0.25) is 0 Å². The van der Waals surface area contributed by atoms with Crippen molar-refractivity contribution in [2.45, 2.75) is 23.0 Å². The Labute approximate surface area is 96.5 Å². The minimum Gasteiger partial charge on any atom is -0.324 e. The first-order valence-electron chi connectivity index (χ1n) is 4.75. The molecule has 2 rings (SSSR count). The number of H-pyrrole nitrogens is 1. The van der Waals surface area contributed by atoms with Crippen molar-refractivity contribution in [2.75, 3.05) is 0 Å². The van der Waals surface area contributed by atoms with Crippen LogP contribution in [-0.2, 0) is 0 Å². The zero-order valence-electron chi connectivity index (χ0n) is 8.64. The highest BCUT2D eigenvalue weighted by Crippen LogP contribution is 2.30. The van der Waals surface area contributed by atoms with Gasteiger partial charge >= 0.3 is 0 Å². The van der Waals surface area contributed by atoms with Crippen LogP contribution in [0.15, 0.2) is 34.6 Å². The Balaban J connectivity index is 2.33. The molecule has 0 aliphatic carbocycles. The largest absolute Gasteiger partial charge is 0.324 e. The SMILES string of the molecule is C[C@@H](N)c1cc(F)ccc1Sc1ncn[nH]1. The molecule has 0 radical (unpaired) electrons. The van der Waals surface area contributed by atoms with Gasteiger partial charge in [-0.1, -0.05) is 11.8 Å². The third-order valence-electron chi connectivity index (χ3n) is 2.06. The molecule has 0 spiro atoms. The summed E-state index contributed by atoms with van der Waals surface area (Å²) in [5.41, 5.74) is 6.55. The summed E-state index contributed by atoms with van der Waals surface area (Å²) in [6.45, 7) is 1.82. The van der Waals surface area contributed by atoms with Crippen molar-refractivity contribution in [1.82, 2.24) is 15.2 Å². The molecule has 0 saturated carbocycles. The normalized spacial score (nSPS) is 12.7.